The molecule has 0 saturated carbocycles. The van der Waals surface area contributed by atoms with Crippen molar-refractivity contribution < 1.29 is 0 Å². The summed E-state index contributed by atoms with van der Waals surface area (Å²) < 4.78 is 0.892. The zero-order chi connectivity index (χ0) is 12.1. The number of halogens is 1. The van der Waals surface area contributed by atoms with Gasteiger partial charge in [0.1, 0.15) is 10.4 Å². The van der Waals surface area contributed by atoms with Crippen molar-refractivity contribution in [1.29, 1.82) is 0 Å². The molecule has 0 amide bonds. The Morgan fingerprint density at radius 1 is 1.41 bits per heavy atom. The predicted molar refractivity (Wildman–Crippen MR) is 75.3 cm³/mol. The normalized spacial score (nSPS) is 18.2. The minimum absolute atomic E-state index is 0.790. The minimum Gasteiger partial charge on any atom is -0.370 e. The van der Waals surface area contributed by atoms with Crippen LogP contribution in [0.2, 0.25) is 0 Å². The van der Waals surface area contributed by atoms with Crippen molar-refractivity contribution in [2.75, 3.05) is 31.5 Å². The van der Waals surface area contributed by atoms with Crippen molar-refractivity contribution in [3.05, 3.63) is 22.8 Å². The van der Waals surface area contributed by atoms with Crippen LogP contribution in [-0.4, -0.2) is 36.1 Å². The largest absolute Gasteiger partial charge is 0.370 e. The molecule has 0 unspecified atom stereocenters. The fourth-order valence-corrected chi connectivity index (χ4v) is 2.61. The molecule has 0 bridgehead atoms. The van der Waals surface area contributed by atoms with Crippen molar-refractivity contribution >= 4 is 21.7 Å². The van der Waals surface area contributed by atoms with Crippen molar-refractivity contribution in [3.63, 3.8) is 0 Å². The molecule has 2 heterocycles. The smallest absolute Gasteiger partial charge is 0.127 e. The first-order valence-corrected chi connectivity index (χ1v) is 7.16. The van der Waals surface area contributed by atoms with Gasteiger partial charge >= 0.3 is 0 Å². The molecule has 0 radical (unpaired) electrons. The van der Waals surface area contributed by atoms with Crippen LogP contribution < -0.4 is 5.32 Å². The highest BCUT2D eigenvalue weighted by molar-refractivity contribution is 9.10. The summed E-state index contributed by atoms with van der Waals surface area (Å²) >= 11 is 3.39. The maximum absolute atomic E-state index is 4.38. The highest BCUT2D eigenvalue weighted by atomic mass is 79.9. The van der Waals surface area contributed by atoms with Crippen LogP contribution in [0.1, 0.15) is 19.8 Å². The van der Waals surface area contributed by atoms with E-state index in [1.165, 1.54) is 32.5 Å². The number of piperidine rings is 1. The van der Waals surface area contributed by atoms with Gasteiger partial charge in [-0.25, -0.2) is 4.98 Å². The lowest BCUT2D eigenvalue weighted by Crippen LogP contribution is -2.35. The maximum atomic E-state index is 4.38. The number of pyridine rings is 1. The van der Waals surface area contributed by atoms with Crippen molar-refractivity contribution in [2.24, 2.45) is 5.92 Å². The van der Waals surface area contributed by atoms with Crippen LogP contribution in [-0.2, 0) is 0 Å². The van der Waals surface area contributed by atoms with Gasteiger partial charge in [0.15, 0.2) is 0 Å². The summed E-state index contributed by atoms with van der Waals surface area (Å²) in [5.74, 6) is 1.76. The number of aromatic nitrogens is 1. The number of rotatable bonds is 4. The predicted octanol–water partition coefficient (Wildman–Crippen LogP) is 2.99. The average molecular weight is 298 g/mol. The van der Waals surface area contributed by atoms with Crippen LogP contribution in [0, 0.1) is 5.92 Å². The Labute approximate surface area is 112 Å². The molecule has 2 rings (SSSR count). The lowest BCUT2D eigenvalue weighted by atomic mass is 9.97. The average Bonchev–Trinajstić information content (AvgIpc) is 2.37. The fraction of sp³-hybridized carbons (Fsp3) is 0.615. The van der Waals surface area contributed by atoms with E-state index in [9.17, 15) is 0 Å². The molecule has 0 atom stereocenters. The highest BCUT2D eigenvalue weighted by Crippen LogP contribution is 2.18. The highest BCUT2D eigenvalue weighted by Gasteiger charge is 2.17. The summed E-state index contributed by atoms with van der Waals surface area (Å²) in [6.07, 6.45) is 2.60. The van der Waals surface area contributed by atoms with Crippen LogP contribution in [0.15, 0.2) is 22.8 Å². The number of anilines is 1. The molecule has 0 spiro atoms. The van der Waals surface area contributed by atoms with Crippen molar-refractivity contribution in [1.82, 2.24) is 9.88 Å². The molecule has 1 aliphatic heterocycles. The minimum atomic E-state index is 0.790. The summed E-state index contributed by atoms with van der Waals surface area (Å²) in [5, 5.41) is 3.43. The standard InChI is InChI=1S/C13H20BrN3/c1-2-17-8-6-11(7-9-17)10-15-13-5-3-4-12(14)16-13/h3-5,11H,2,6-10H2,1H3,(H,15,16). The van der Waals surface area contributed by atoms with Crippen LogP contribution in [0.25, 0.3) is 0 Å². The van der Waals surface area contributed by atoms with Gasteiger partial charge in [-0.3, -0.25) is 0 Å². The van der Waals surface area contributed by atoms with E-state index in [1.807, 2.05) is 18.2 Å². The number of nitrogens with one attached hydrogen (secondary N) is 1. The molecule has 1 fully saturated rings. The lowest BCUT2D eigenvalue weighted by molar-refractivity contribution is 0.198. The molecule has 1 saturated heterocycles. The Bertz CT molecular complexity index is 348. The maximum Gasteiger partial charge on any atom is 0.127 e. The zero-order valence-corrected chi connectivity index (χ0v) is 11.9. The molecule has 0 aliphatic carbocycles. The summed E-state index contributed by atoms with van der Waals surface area (Å²) in [6, 6.07) is 5.98. The summed E-state index contributed by atoms with van der Waals surface area (Å²) in [7, 11) is 0. The quantitative estimate of drug-likeness (QED) is 0.866. The SMILES string of the molecule is CCN1CCC(CNc2cccc(Br)n2)CC1. The third-order valence-corrected chi connectivity index (χ3v) is 3.88. The van der Waals surface area contributed by atoms with Crippen LogP contribution >= 0.6 is 15.9 Å². The van der Waals surface area contributed by atoms with E-state index in [-0.39, 0.29) is 0 Å². The number of hydrogen-bond donors (Lipinski definition) is 1. The molecule has 1 aliphatic rings. The van der Waals surface area contributed by atoms with Gasteiger partial charge in [-0.2, -0.15) is 0 Å². The molecule has 1 N–H and O–H groups in total. The van der Waals surface area contributed by atoms with Crippen LogP contribution in [0.5, 0.6) is 0 Å². The van der Waals surface area contributed by atoms with E-state index in [1.54, 1.807) is 0 Å². The Morgan fingerprint density at radius 3 is 2.82 bits per heavy atom. The van der Waals surface area contributed by atoms with E-state index in [2.05, 4.69) is 38.1 Å². The number of nitrogens with zero attached hydrogens (tertiary/aromatic N) is 2. The second-order valence-corrected chi connectivity index (χ2v) is 5.42. The monoisotopic (exact) mass is 297 g/mol. The second-order valence-electron chi connectivity index (χ2n) is 4.60. The Balaban J connectivity index is 1.76. The van der Waals surface area contributed by atoms with Gasteiger partial charge in [-0.1, -0.05) is 13.0 Å². The van der Waals surface area contributed by atoms with Gasteiger partial charge in [0.2, 0.25) is 0 Å². The first-order valence-electron chi connectivity index (χ1n) is 6.36. The first kappa shape index (κ1) is 12.8. The topological polar surface area (TPSA) is 28.2 Å². The third-order valence-electron chi connectivity index (χ3n) is 3.44. The van der Waals surface area contributed by atoms with Gasteiger partial charge in [-0.05, 0) is 66.5 Å². The Morgan fingerprint density at radius 2 is 2.18 bits per heavy atom. The third kappa shape index (κ3) is 3.96. The summed E-state index contributed by atoms with van der Waals surface area (Å²) in [6.45, 7) is 6.96. The molecular weight excluding hydrogens is 278 g/mol. The van der Waals surface area contributed by atoms with Gasteiger partial charge in [0.25, 0.3) is 0 Å². The van der Waals surface area contributed by atoms with Crippen LogP contribution in [0.3, 0.4) is 0 Å². The zero-order valence-electron chi connectivity index (χ0n) is 10.3. The van der Waals surface area contributed by atoms with Gasteiger partial charge in [-0.15, -0.1) is 0 Å². The molecular formula is C13H20BrN3. The van der Waals surface area contributed by atoms with Crippen molar-refractivity contribution in [2.45, 2.75) is 19.8 Å². The van der Waals surface area contributed by atoms with Gasteiger partial charge in [0.05, 0.1) is 0 Å². The molecule has 17 heavy (non-hydrogen) atoms. The Hall–Kier alpha value is -0.610. The Kier molecular flexibility index (Phi) is 4.80. The van der Waals surface area contributed by atoms with E-state index in [4.69, 9.17) is 0 Å². The van der Waals surface area contributed by atoms with Crippen LogP contribution in [0.4, 0.5) is 5.82 Å². The summed E-state index contributed by atoms with van der Waals surface area (Å²) in [4.78, 5) is 6.91. The number of hydrogen-bond acceptors (Lipinski definition) is 3. The molecule has 4 heteroatoms. The second kappa shape index (κ2) is 6.36. The molecule has 1 aromatic rings. The molecule has 94 valence electrons. The summed E-state index contributed by atoms with van der Waals surface area (Å²) in [5.41, 5.74) is 0. The van der Waals surface area contributed by atoms with Crippen molar-refractivity contribution in [3.8, 4) is 0 Å². The van der Waals surface area contributed by atoms with Gasteiger partial charge < -0.3 is 10.2 Å². The fourth-order valence-electron chi connectivity index (χ4n) is 2.26. The molecule has 3 nitrogen and oxygen atoms in total. The van der Waals surface area contributed by atoms with E-state index in [0.717, 1.165) is 22.9 Å². The first-order chi connectivity index (χ1) is 8.28. The molecule has 0 aromatic carbocycles. The van der Waals surface area contributed by atoms with E-state index in [0.29, 0.717) is 0 Å². The van der Waals surface area contributed by atoms with E-state index < -0.39 is 0 Å². The molecule has 1 aromatic heterocycles. The van der Waals surface area contributed by atoms with E-state index >= 15 is 0 Å². The number of likely N-dealkylation sites (tertiary alicyclic amines) is 1. The lowest BCUT2D eigenvalue weighted by Gasteiger charge is -2.31. The van der Waals surface area contributed by atoms with Gasteiger partial charge in [0, 0.05) is 6.54 Å².